The predicted molar refractivity (Wildman–Crippen MR) is 81.8 cm³/mol. The maximum atomic E-state index is 11.2. The quantitative estimate of drug-likeness (QED) is 0.699. The zero-order chi connectivity index (χ0) is 15.7. The minimum Gasteiger partial charge on any atom is -0.478 e. The molecule has 108 valence electrons. The van der Waals surface area contributed by atoms with Crippen LogP contribution in [0.2, 0.25) is 0 Å². The first-order valence-electron chi connectivity index (χ1n) is 6.72. The average Bonchev–Trinajstić information content (AvgIpc) is 2.90. The van der Waals surface area contributed by atoms with Crippen LogP contribution in [0.5, 0.6) is 0 Å². The van der Waals surface area contributed by atoms with Crippen LogP contribution in [-0.4, -0.2) is 25.7 Å². The van der Waals surface area contributed by atoms with E-state index in [2.05, 4.69) is 21.9 Å². The lowest BCUT2D eigenvalue weighted by molar-refractivity contribution is 0.0696. The SMILES string of the molecule is Cc1ccc(C(=O)O)c(C)c1C#Cc1cnc2cccnn12. The molecular weight excluding hydrogens is 278 g/mol. The lowest BCUT2D eigenvalue weighted by Gasteiger charge is -2.06. The summed E-state index contributed by atoms with van der Waals surface area (Å²) in [7, 11) is 0. The number of hydrogen-bond donors (Lipinski definition) is 1. The van der Waals surface area contributed by atoms with Crippen LogP contribution in [-0.2, 0) is 0 Å². The second-order valence-electron chi connectivity index (χ2n) is 4.92. The zero-order valence-corrected chi connectivity index (χ0v) is 12.2. The van der Waals surface area contributed by atoms with Gasteiger partial charge in [0.1, 0.15) is 5.69 Å². The van der Waals surface area contributed by atoms with Crippen LogP contribution in [0, 0.1) is 25.7 Å². The van der Waals surface area contributed by atoms with Crippen molar-refractivity contribution in [3.8, 4) is 11.8 Å². The van der Waals surface area contributed by atoms with Crippen LogP contribution < -0.4 is 0 Å². The highest BCUT2D eigenvalue weighted by molar-refractivity contribution is 5.90. The third-order valence-corrected chi connectivity index (χ3v) is 3.50. The standard InChI is InChI=1S/C17H13N3O2/c1-11-5-7-15(17(21)22)12(2)14(11)8-6-13-10-18-16-4-3-9-19-20(13)16/h3-5,7,9-10H,1-2H3,(H,21,22). The maximum Gasteiger partial charge on any atom is 0.335 e. The molecule has 2 heterocycles. The number of aromatic carboxylic acids is 1. The number of imidazole rings is 1. The van der Waals surface area contributed by atoms with Crippen molar-refractivity contribution in [2.24, 2.45) is 0 Å². The fourth-order valence-electron chi connectivity index (χ4n) is 2.31. The summed E-state index contributed by atoms with van der Waals surface area (Å²) in [6.45, 7) is 3.68. The Balaban J connectivity index is 2.12. The Bertz CT molecular complexity index is 945. The number of carbonyl (C=O) groups is 1. The van der Waals surface area contributed by atoms with E-state index < -0.39 is 5.97 Å². The summed E-state index contributed by atoms with van der Waals surface area (Å²) >= 11 is 0. The van der Waals surface area contributed by atoms with E-state index in [1.807, 2.05) is 19.1 Å². The second-order valence-corrected chi connectivity index (χ2v) is 4.92. The number of benzene rings is 1. The van der Waals surface area contributed by atoms with E-state index in [1.165, 1.54) is 0 Å². The van der Waals surface area contributed by atoms with Crippen molar-refractivity contribution in [2.75, 3.05) is 0 Å². The molecule has 2 aromatic heterocycles. The number of hydrogen-bond acceptors (Lipinski definition) is 3. The lowest BCUT2D eigenvalue weighted by atomic mass is 9.98. The van der Waals surface area contributed by atoms with E-state index in [0.717, 1.165) is 16.8 Å². The Hall–Kier alpha value is -3.13. The average molecular weight is 291 g/mol. The summed E-state index contributed by atoms with van der Waals surface area (Å²) < 4.78 is 1.65. The molecule has 0 saturated heterocycles. The van der Waals surface area contributed by atoms with Gasteiger partial charge in [0, 0.05) is 11.8 Å². The highest BCUT2D eigenvalue weighted by atomic mass is 16.4. The largest absolute Gasteiger partial charge is 0.478 e. The number of aryl methyl sites for hydroxylation is 1. The number of aromatic nitrogens is 3. The highest BCUT2D eigenvalue weighted by Gasteiger charge is 2.11. The topological polar surface area (TPSA) is 67.5 Å². The van der Waals surface area contributed by atoms with E-state index in [-0.39, 0.29) is 5.56 Å². The Morgan fingerprint density at radius 2 is 2.05 bits per heavy atom. The van der Waals surface area contributed by atoms with Gasteiger partial charge in [0.15, 0.2) is 5.65 Å². The molecule has 5 nitrogen and oxygen atoms in total. The van der Waals surface area contributed by atoms with Gasteiger partial charge in [0.2, 0.25) is 0 Å². The van der Waals surface area contributed by atoms with Gasteiger partial charge in [-0.1, -0.05) is 12.0 Å². The van der Waals surface area contributed by atoms with Crippen LogP contribution in [0.4, 0.5) is 0 Å². The van der Waals surface area contributed by atoms with Crippen molar-refractivity contribution in [1.82, 2.24) is 14.6 Å². The van der Waals surface area contributed by atoms with E-state index >= 15 is 0 Å². The molecule has 0 saturated carbocycles. The Morgan fingerprint density at radius 1 is 1.23 bits per heavy atom. The van der Waals surface area contributed by atoms with Gasteiger partial charge in [-0.25, -0.2) is 14.3 Å². The predicted octanol–water partition coefficient (Wildman–Crippen LogP) is 2.44. The van der Waals surface area contributed by atoms with E-state index in [4.69, 9.17) is 0 Å². The van der Waals surface area contributed by atoms with Crippen molar-refractivity contribution < 1.29 is 9.90 Å². The third-order valence-electron chi connectivity index (χ3n) is 3.50. The highest BCUT2D eigenvalue weighted by Crippen LogP contribution is 2.17. The molecule has 3 rings (SSSR count). The molecule has 0 bridgehead atoms. The van der Waals surface area contributed by atoms with Gasteiger partial charge in [-0.05, 0) is 49.1 Å². The minimum atomic E-state index is -0.947. The Morgan fingerprint density at radius 3 is 2.82 bits per heavy atom. The van der Waals surface area contributed by atoms with Gasteiger partial charge in [0.25, 0.3) is 0 Å². The molecule has 0 aliphatic rings. The van der Waals surface area contributed by atoms with Gasteiger partial charge < -0.3 is 5.11 Å². The molecular formula is C17H13N3O2. The molecule has 1 aromatic carbocycles. The smallest absolute Gasteiger partial charge is 0.335 e. The van der Waals surface area contributed by atoms with Crippen molar-refractivity contribution in [1.29, 1.82) is 0 Å². The molecule has 0 radical (unpaired) electrons. The normalized spacial score (nSPS) is 10.3. The number of fused-ring (bicyclic) bond motifs is 1. The van der Waals surface area contributed by atoms with Crippen LogP contribution in [0.3, 0.4) is 0 Å². The molecule has 0 spiro atoms. The molecule has 0 aliphatic carbocycles. The summed E-state index contributed by atoms with van der Waals surface area (Å²) in [5.41, 5.74) is 3.99. The molecule has 0 unspecified atom stereocenters. The Kier molecular flexibility index (Phi) is 3.36. The molecule has 3 aromatic rings. The van der Waals surface area contributed by atoms with Crippen LogP contribution in [0.25, 0.3) is 5.65 Å². The van der Waals surface area contributed by atoms with E-state index in [0.29, 0.717) is 11.3 Å². The fraction of sp³-hybridized carbons (Fsp3) is 0.118. The van der Waals surface area contributed by atoms with E-state index in [9.17, 15) is 9.90 Å². The zero-order valence-electron chi connectivity index (χ0n) is 12.2. The summed E-state index contributed by atoms with van der Waals surface area (Å²) in [5.74, 6) is 5.14. The van der Waals surface area contributed by atoms with Crippen molar-refractivity contribution >= 4 is 11.6 Å². The first-order valence-corrected chi connectivity index (χ1v) is 6.72. The fourth-order valence-corrected chi connectivity index (χ4v) is 2.31. The summed E-state index contributed by atoms with van der Waals surface area (Å²) in [6, 6.07) is 7.03. The third kappa shape index (κ3) is 2.31. The number of carboxylic acid groups (broad SMARTS) is 1. The number of carboxylic acids is 1. The van der Waals surface area contributed by atoms with Gasteiger partial charge in [-0.15, -0.1) is 0 Å². The first-order chi connectivity index (χ1) is 10.6. The summed E-state index contributed by atoms with van der Waals surface area (Å²) in [4.78, 5) is 15.4. The molecule has 5 heteroatoms. The van der Waals surface area contributed by atoms with Gasteiger partial charge in [0.05, 0.1) is 11.8 Å². The van der Waals surface area contributed by atoms with Crippen LogP contribution in [0.15, 0.2) is 36.7 Å². The summed E-state index contributed by atoms with van der Waals surface area (Å²) in [5, 5.41) is 13.4. The molecule has 0 fully saturated rings. The molecule has 22 heavy (non-hydrogen) atoms. The molecule has 0 aliphatic heterocycles. The lowest BCUT2D eigenvalue weighted by Crippen LogP contribution is -2.02. The summed E-state index contributed by atoms with van der Waals surface area (Å²) in [6.07, 6.45) is 3.32. The molecule has 0 amide bonds. The number of nitrogens with zero attached hydrogens (tertiary/aromatic N) is 3. The van der Waals surface area contributed by atoms with Gasteiger partial charge in [-0.3, -0.25) is 0 Å². The maximum absolute atomic E-state index is 11.2. The molecule has 1 N–H and O–H groups in total. The molecule has 0 atom stereocenters. The van der Waals surface area contributed by atoms with Crippen LogP contribution in [0.1, 0.15) is 32.7 Å². The van der Waals surface area contributed by atoms with E-state index in [1.54, 1.807) is 36.0 Å². The Labute approximate surface area is 127 Å². The number of rotatable bonds is 1. The minimum absolute atomic E-state index is 0.270. The van der Waals surface area contributed by atoms with Gasteiger partial charge in [-0.2, -0.15) is 5.10 Å². The first kappa shape index (κ1) is 13.8. The van der Waals surface area contributed by atoms with Crippen LogP contribution >= 0.6 is 0 Å². The van der Waals surface area contributed by atoms with Crippen molar-refractivity contribution in [3.63, 3.8) is 0 Å². The second kappa shape index (κ2) is 5.34. The monoisotopic (exact) mass is 291 g/mol. The van der Waals surface area contributed by atoms with Gasteiger partial charge >= 0.3 is 5.97 Å². The van der Waals surface area contributed by atoms with Crippen molar-refractivity contribution in [3.05, 3.63) is 64.6 Å². The van der Waals surface area contributed by atoms with Crippen molar-refractivity contribution in [2.45, 2.75) is 13.8 Å².